The van der Waals surface area contributed by atoms with Crippen LogP contribution in [-0.2, 0) is 6.42 Å². The van der Waals surface area contributed by atoms with Gasteiger partial charge in [-0.2, -0.15) is 0 Å². The molecule has 4 unspecified atom stereocenters. The Morgan fingerprint density at radius 3 is 2.35 bits per heavy atom. The zero-order valence-electron chi connectivity index (χ0n) is 13.3. The summed E-state index contributed by atoms with van der Waals surface area (Å²) in [5.74, 6) is 1.65. The Labute approximate surface area is 123 Å². The molecule has 0 bridgehead atoms. The molecule has 0 aromatic heterocycles. The fraction of sp³-hybridized carbons (Fsp3) is 0.667. The zero-order chi connectivity index (χ0) is 14.7. The molecule has 1 aromatic carbocycles. The van der Waals surface area contributed by atoms with Gasteiger partial charge in [-0.05, 0) is 48.8 Å². The highest BCUT2D eigenvalue weighted by atomic mass is 16.3. The van der Waals surface area contributed by atoms with Crippen molar-refractivity contribution in [1.82, 2.24) is 0 Å². The molecule has 0 heterocycles. The predicted octanol–water partition coefficient (Wildman–Crippen LogP) is 3.73. The molecule has 0 radical (unpaired) electrons. The Kier molecular flexibility index (Phi) is 5.09. The van der Waals surface area contributed by atoms with Crippen molar-refractivity contribution < 1.29 is 5.11 Å². The van der Waals surface area contributed by atoms with Crippen LogP contribution in [0.4, 0.5) is 5.69 Å². The highest BCUT2D eigenvalue weighted by molar-refractivity contribution is 5.47. The third kappa shape index (κ3) is 3.54. The van der Waals surface area contributed by atoms with Gasteiger partial charge in [0, 0.05) is 25.2 Å². The molecule has 2 heteroatoms. The quantitative estimate of drug-likeness (QED) is 0.905. The molecule has 1 aromatic rings. The van der Waals surface area contributed by atoms with E-state index < -0.39 is 0 Å². The van der Waals surface area contributed by atoms with E-state index in [0.29, 0.717) is 17.8 Å². The van der Waals surface area contributed by atoms with E-state index in [-0.39, 0.29) is 6.10 Å². The van der Waals surface area contributed by atoms with Gasteiger partial charge in [-0.3, -0.25) is 0 Å². The van der Waals surface area contributed by atoms with E-state index in [1.165, 1.54) is 17.7 Å². The zero-order valence-corrected chi connectivity index (χ0v) is 13.3. The minimum Gasteiger partial charge on any atom is -0.393 e. The summed E-state index contributed by atoms with van der Waals surface area (Å²) in [6.07, 6.45) is 3.13. The molecule has 2 nitrogen and oxygen atoms in total. The fourth-order valence-electron chi connectivity index (χ4n) is 3.58. The first-order valence-electron chi connectivity index (χ1n) is 7.99. The minimum absolute atomic E-state index is 0.147. The molecule has 0 saturated heterocycles. The molecule has 1 aliphatic carbocycles. The van der Waals surface area contributed by atoms with E-state index in [1.54, 1.807) is 0 Å². The van der Waals surface area contributed by atoms with Gasteiger partial charge in [0.05, 0.1) is 6.10 Å². The number of rotatable bonds is 4. The Morgan fingerprint density at radius 2 is 1.80 bits per heavy atom. The summed E-state index contributed by atoms with van der Waals surface area (Å²) in [5.41, 5.74) is 2.63. The highest BCUT2D eigenvalue weighted by Gasteiger charge is 2.33. The number of hydrogen-bond acceptors (Lipinski definition) is 2. The van der Waals surface area contributed by atoms with Crippen molar-refractivity contribution in [2.75, 3.05) is 18.5 Å². The Bertz CT molecular complexity index is 402. The van der Waals surface area contributed by atoms with Crippen molar-refractivity contribution in [3.8, 4) is 0 Å². The average molecular weight is 275 g/mol. The summed E-state index contributed by atoms with van der Waals surface area (Å²) in [5, 5.41) is 10.4. The second-order valence-corrected chi connectivity index (χ2v) is 6.69. The van der Waals surface area contributed by atoms with Gasteiger partial charge in [0.2, 0.25) is 0 Å². The van der Waals surface area contributed by atoms with Gasteiger partial charge < -0.3 is 10.0 Å². The van der Waals surface area contributed by atoms with Crippen LogP contribution in [0.3, 0.4) is 0 Å². The number of benzene rings is 1. The van der Waals surface area contributed by atoms with Crippen LogP contribution in [0.5, 0.6) is 0 Å². The number of aliphatic hydroxyl groups is 1. The number of nitrogens with zero attached hydrogens (tertiary/aromatic N) is 1. The standard InChI is InChI=1S/C18H29NO/c1-5-15-6-8-16(9-7-15)19(4)12-17-14(3)10-13(2)11-18(17)20/h6-9,13-14,17-18,20H,5,10-12H2,1-4H3. The van der Waals surface area contributed by atoms with E-state index in [1.807, 2.05) is 0 Å². The van der Waals surface area contributed by atoms with Crippen LogP contribution < -0.4 is 4.90 Å². The second kappa shape index (κ2) is 6.62. The van der Waals surface area contributed by atoms with E-state index >= 15 is 0 Å². The molecule has 2 rings (SSSR count). The topological polar surface area (TPSA) is 23.5 Å². The lowest BCUT2D eigenvalue weighted by molar-refractivity contribution is 0.0205. The highest BCUT2D eigenvalue weighted by Crippen LogP contribution is 2.34. The summed E-state index contributed by atoms with van der Waals surface area (Å²) >= 11 is 0. The molecule has 1 fully saturated rings. The number of anilines is 1. The summed E-state index contributed by atoms with van der Waals surface area (Å²) < 4.78 is 0. The van der Waals surface area contributed by atoms with Crippen LogP contribution in [0, 0.1) is 17.8 Å². The van der Waals surface area contributed by atoms with Gasteiger partial charge in [-0.25, -0.2) is 0 Å². The molecule has 0 aliphatic heterocycles. The monoisotopic (exact) mass is 275 g/mol. The van der Waals surface area contributed by atoms with Gasteiger partial charge in [0.15, 0.2) is 0 Å². The van der Waals surface area contributed by atoms with Crippen LogP contribution in [0.15, 0.2) is 24.3 Å². The van der Waals surface area contributed by atoms with Gasteiger partial charge in [-0.15, -0.1) is 0 Å². The SMILES string of the molecule is CCc1ccc(N(C)CC2C(C)CC(C)CC2O)cc1. The number of aliphatic hydroxyl groups excluding tert-OH is 1. The molecule has 0 amide bonds. The van der Waals surface area contributed by atoms with Crippen LogP contribution in [0.1, 0.15) is 39.2 Å². The normalized spacial score (nSPS) is 30.2. The molecule has 1 saturated carbocycles. The maximum Gasteiger partial charge on any atom is 0.0590 e. The third-order valence-corrected chi connectivity index (χ3v) is 4.91. The van der Waals surface area contributed by atoms with Gasteiger partial charge in [0.1, 0.15) is 0 Å². The molecular formula is C18H29NO. The largest absolute Gasteiger partial charge is 0.393 e. The van der Waals surface area contributed by atoms with Crippen LogP contribution in [0.2, 0.25) is 0 Å². The lowest BCUT2D eigenvalue weighted by Gasteiger charge is -2.39. The lowest BCUT2D eigenvalue weighted by Crippen LogP contribution is -2.41. The Morgan fingerprint density at radius 1 is 1.15 bits per heavy atom. The minimum atomic E-state index is -0.147. The first-order chi connectivity index (χ1) is 9.51. The van der Waals surface area contributed by atoms with Crippen molar-refractivity contribution in [3.05, 3.63) is 29.8 Å². The maximum absolute atomic E-state index is 10.4. The Balaban J connectivity index is 2.00. The average Bonchev–Trinajstić information content (AvgIpc) is 2.42. The smallest absolute Gasteiger partial charge is 0.0590 e. The van der Waals surface area contributed by atoms with Crippen LogP contribution in [0.25, 0.3) is 0 Å². The van der Waals surface area contributed by atoms with Crippen LogP contribution >= 0.6 is 0 Å². The van der Waals surface area contributed by atoms with E-state index in [4.69, 9.17) is 0 Å². The van der Waals surface area contributed by atoms with Crippen molar-refractivity contribution in [2.24, 2.45) is 17.8 Å². The maximum atomic E-state index is 10.4. The first-order valence-corrected chi connectivity index (χ1v) is 7.99. The molecule has 1 aliphatic rings. The molecule has 1 N–H and O–H groups in total. The van der Waals surface area contributed by atoms with Gasteiger partial charge in [0.25, 0.3) is 0 Å². The Hall–Kier alpha value is -1.02. The molecule has 112 valence electrons. The van der Waals surface area contributed by atoms with Gasteiger partial charge >= 0.3 is 0 Å². The second-order valence-electron chi connectivity index (χ2n) is 6.69. The summed E-state index contributed by atoms with van der Waals surface area (Å²) in [6.45, 7) is 7.67. The fourth-order valence-corrected chi connectivity index (χ4v) is 3.58. The van der Waals surface area contributed by atoms with Crippen molar-refractivity contribution >= 4 is 5.69 Å². The van der Waals surface area contributed by atoms with E-state index in [0.717, 1.165) is 19.4 Å². The molecule has 20 heavy (non-hydrogen) atoms. The number of aryl methyl sites for hydroxylation is 1. The summed E-state index contributed by atoms with van der Waals surface area (Å²) in [4.78, 5) is 2.29. The predicted molar refractivity (Wildman–Crippen MR) is 86.1 cm³/mol. The first kappa shape index (κ1) is 15.4. The molecular weight excluding hydrogens is 246 g/mol. The molecule has 4 atom stereocenters. The van der Waals surface area contributed by atoms with Gasteiger partial charge in [-0.1, -0.05) is 32.9 Å². The van der Waals surface area contributed by atoms with Crippen molar-refractivity contribution in [3.63, 3.8) is 0 Å². The molecule has 0 spiro atoms. The number of hydrogen-bond donors (Lipinski definition) is 1. The summed E-state index contributed by atoms with van der Waals surface area (Å²) in [6, 6.07) is 8.80. The van der Waals surface area contributed by atoms with Crippen molar-refractivity contribution in [2.45, 2.75) is 46.1 Å². The summed E-state index contributed by atoms with van der Waals surface area (Å²) in [7, 11) is 2.14. The van der Waals surface area contributed by atoms with Crippen molar-refractivity contribution in [1.29, 1.82) is 0 Å². The van der Waals surface area contributed by atoms with E-state index in [2.05, 4.69) is 57.0 Å². The lowest BCUT2D eigenvalue weighted by atomic mass is 9.73. The van der Waals surface area contributed by atoms with Crippen LogP contribution in [-0.4, -0.2) is 24.8 Å². The van der Waals surface area contributed by atoms with E-state index in [9.17, 15) is 5.11 Å². The third-order valence-electron chi connectivity index (χ3n) is 4.91.